The number of piperidine rings is 1. The molecule has 3 aromatic carbocycles. The topological polar surface area (TPSA) is 77.2 Å². The molecule has 2 aromatic heterocycles. The zero-order valence-electron chi connectivity index (χ0n) is 30.5. The lowest BCUT2D eigenvalue weighted by molar-refractivity contribution is -0.137. The van der Waals surface area contributed by atoms with Crippen LogP contribution in [0.5, 0.6) is 0 Å². The molecular weight excluding hydrogens is 763 g/mol. The number of nitrogens with one attached hydrogen (secondary N) is 1. The molecule has 7 nitrogen and oxygen atoms in total. The van der Waals surface area contributed by atoms with Gasteiger partial charge in [-0.3, -0.25) is 4.79 Å². The van der Waals surface area contributed by atoms with Gasteiger partial charge in [-0.2, -0.15) is 18.4 Å². The van der Waals surface area contributed by atoms with E-state index >= 15 is 4.39 Å². The van der Waals surface area contributed by atoms with Crippen LogP contribution in [0.25, 0.3) is 32.9 Å². The second kappa shape index (κ2) is 13.1. The number of pyridine rings is 1. The number of benzene rings is 3. The number of anilines is 1. The second-order valence-corrected chi connectivity index (χ2v) is 17.1. The van der Waals surface area contributed by atoms with Crippen molar-refractivity contribution < 1.29 is 22.4 Å². The molecular formula is C43H38Cl2F4N6O. The van der Waals surface area contributed by atoms with Crippen LogP contribution in [0.4, 0.5) is 23.2 Å². The van der Waals surface area contributed by atoms with Gasteiger partial charge in [-0.15, -0.1) is 0 Å². The Morgan fingerprint density at radius 3 is 2.55 bits per heavy atom. The minimum Gasteiger partial charge on any atom is -0.369 e. The second-order valence-electron chi connectivity index (χ2n) is 16.3. The summed E-state index contributed by atoms with van der Waals surface area (Å²) in [5.74, 6) is -0.411. The van der Waals surface area contributed by atoms with Crippen LogP contribution in [0, 0.1) is 41.8 Å². The van der Waals surface area contributed by atoms with Crippen LogP contribution in [-0.4, -0.2) is 52.1 Å². The highest BCUT2D eigenvalue weighted by atomic mass is 35.5. The Kier molecular flexibility index (Phi) is 8.41. The van der Waals surface area contributed by atoms with Gasteiger partial charge in [-0.05, 0) is 80.8 Å². The van der Waals surface area contributed by atoms with Gasteiger partial charge < -0.3 is 19.7 Å². The Bertz CT molecular complexity index is 2490. The molecule has 0 radical (unpaired) electrons. The molecule has 13 heteroatoms. The van der Waals surface area contributed by atoms with Gasteiger partial charge in [-0.1, -0.05) is 47.5 Å². The highest BCUT2D eigenvalue weighted by Gasteiger charge is 2.55. The number of amides is 1. The summed E-state index contributed by atoms with van der Waals surface area (Å²) in [6, 6.07) is 16.6. The number of hydrogen-bond donors (Lipinski definition) is 1. The van der Waals surface area contributed by atoms with E-state index in [9.17, 15) is 23.2 Å². The van der Waals surface area contributed by atoms with Gasteiger partial charge in [0.25, 0.3) is 0 Å². The smallest absolute Gasteiger partial charge is 0.369 e. The molecule has 2 saturated carbocycles. The van der Waals surface area contributed by atoms with Crippen molar-refractivity contribution in [2.45, 2.75) is 75.8 Å². The molecule has 11 rings (SSSR count). The monoisotopic (exact) mass is 800 g/mol. The number of halogens is 6. The first-order chi connectivity index (χ1) is 26.9. The molecule has 1 amide bonds. The van der Waals surface area contributed by atoms with Gasteiger partial charge in [0.05, 0.1) is 45.3 Å². The molecule has 0 unspecified atom stereocenters. The number of alkyl halides is 3. The van der Waals surface area contributed by atoms with Crippen LogP contribution in [-0.2, 0) is 17.4 Å². The molecule has 6 heterocycles. The van der Waals surface area contributed by atoms with Crippen LogP contribution in [0.15, 0.2) is 54.6 Å². The first-order valence-electron chi connectivity index (χ1n) is 19.4. The fourth-order valence-electron chi connectivity index (χ4n) is 10.5. The van der Waals surface area contributed by atoms with Gasteiger partial charge in [0.2, 0.25) is 5.91 Å². The summed E-state index contributed by atoms with van der Waals surface area (Å²) in [4.78, 5) is 23.2. The zero-order chi connectivity index (χ0) is 38.8. The summed E-state index contributed by atoms with van der Waals surface area (Å²) in [7, 11) is 0. The summed E-state index contributed by atoms with van der Waals surface area (Å²) in [6.45, 7) is 3.36. The summed E-state index contributed by atoms with van der Waals surface area (Å²) < 4.78 is 62.7. The van der Waals surface area contributed by atoms with E-state index in [4.69, 9.17) is 28.2 Å². The fraction of sp³-hybridized carbons (Fsp3) is 0.419. The Balaban J connectivity index is 1.20. The number of nitrogens with zero attached hydrogens (tertiary/aromatic N) is 5. The van der Waals surface area contributed by atoms with Gasteiger partial charge in [-0.25, -0.2) is 9.37 Å². The van der Waals surface area contributed by atoms with Crippen molar-refractivity contribution in [1.82, 2.24) is 19.8 Å². The number of likely N-dealkylation sites (tertiary alicyclic amines) is 1. The predicted molar refractivity (Wildman–Crippen MR) is 208 cm³/mol. The Morgan fingerprint density at radius 2 is 1.84 bits per heavy atom. The predicted octanol–water partition coefficient (Wildman–Crippen LogP) is 9.81. The lowest BCUT2D eigenvalue weighted by atomic mass is 9.79. The SMILES string of the molecule is Cc1nc2c(F)c(-c3cccc(Cl)c3Cl)c(CCC#N)cc2c2c1cc([C@H]1[C@H]3C[C@H](CN(c4ccccc4C(F)(F)F)C3)N1C(=O)C1CC1)n2[C@H]1[C@H]2CN[C@@H]1C2. The van der Waals surface area contributed by atoms with Crippen molar-refractivity contribution in [2.75, 3.05) is 24.5 Å². The van der Waals surface area contributed by atoms with Gasteiger partial charge >= 0.3 is 6.18 Å². The number of nitriles is 1. The Morgan fingerprint density at radius 1 is 1.04 bits per heavy atom. The molecule has 0 spiro atoms. The highest BCUT2D eigenvalue weighted by molar-refractivity contribution is 6.43. The fourth-order valence-corrected chi connectivity index (χ4v) is 10.9. The molecule has 6 fully saturated rings. The quantitative estimate of drug-likeness (QED) is 0.166. The summed E-state index contributed by atoms with van der Waals surface area (Å²) >= 11 is 13.1. The molecule has 5 aromatic rings. The van der Waals surface area contributed by atoms with Crippen LogP contribution in [0.3, 0.4) is 0 Å². The molecule has 288 valence electrons. The zero-order valence-corrected chi connectivity index (χ0v) is 32.0. The van der Waals surface area contributed by atoms with E-state index in [2.05, 4.69) is 22.0 Å². The Hall–Kier alpha value is -4.37. The molecule has 1 N–H and O–H groups in total. The molecule has 4 aliphatic heterocycles. The standard InChI is InChI=1S/C43H38Cl2F4N6O/c1-21-28-17-34(40-25-14-26(54(40)42(56)22-11-12-22)20-53(19-25)33-10-3-2-8-30(33)43(47,48)49)55(39-24-16-32(39)51-18-24)41(28)29-15-23(6-5-13-50)35(37(46)38(29)52-21)27-7-4-9-31(44)36(27)45/h2-4,7-10,15,17,22,24-26,32,39-40,51H,5-6,11-12,14,16,18-20H2,1H3/t24-,25+,26-,32-,39+,40-/m1/s1. The Labute approximate surface area is 331 Å². The number of para-hydroxylation sites is 1. The number of hydrogen-bond acceptors (Lipinski definition) is 5. The van der Waals surface area contributed by atoms with E-state index in [-0.39, 0.29) is 75.5 Å². The van der Waals surface area contributed by atoms with Crippen molar-refractivity contribution >= 4 is 56.6 Å². The minimum atomic E-state index is -4.52. The van der Waals surface area contributed by atoms with E-state index in [0.717, 1.165) is 48.5 Å². The number of carbonyl (C=O) groups is 1. The molecule has 4 saturated heterocycles. The maximum Gasteiger partial charge on any atom is 0.418 e. The molecule has 6 atom stereocenters. The number of carbonyl (C=O) groups excluding carboxylic acids is 1. The summed E-state index contributed by atoms with van der Waals surface area (Å²) in [5, 5.41) is 15.3. The number of aryl methyl sites for hydroxylation is 2. The lowest BCUT2D eigenvalue weighted by Crippen LogP contribution is -2.45. The first-order valence-corrected chi connectivity index (χ1v) is 20.1. The van der Waals surface area contributed by atoms with Gasteiger partial charge in [0.1, 0.15) is 5.52 Å². The number of rotatable bonds is 7. The third kappa shape index (κ3) is 5.46. The van der Waals surface area contributed by atoms with Crippen molar-refractivity contribution in [1.29, 1.82) is 5.26 Å². The normalized spacial score (nSPS) is 25.6. The van der Waals surface area contributed by atoms with Crippen LogP contribution < -0.4 is 10.2 Å². The third-order valence-corrected chi connectivity index (χ3v) is 13.9. The molecule has 6 aliphatic rings. The van der Waals surface area contributed by atoms with E-state index in [1.165, 1.54) is 12.1 Å². The average molecular weight is 802 g/mol. The maximum atomic E-state index is 17.3. The van der Waals surface area contributed by atoms with E-state index in [1.54, 1.807) is 24.3 Å². The van der Waals surface area contributed by atoms with Crippen molar-refractivity contribution in [3.8, 4) is 17.2 Å². The van der Waals surface area contributed by atoms with E-state index < -0.39 is 23.6 Å². The van der Waals surface area contributed by atoms with Crippen molar-refractivity contribution in [2.24, 2.45) is 17.8 Å². The minimum absolute atomic E-state index is 0.0283. The van der Waals surface area contributed by atoms with Crippen LogP contribution in [0.1, 0.15) is 66.7 Å². The average Bonchev–Trinajstić information content (AvgIpc) is 3.45. The number of fused-ring (bicyclic) bond motifs is 6. The van der Waals surface area contributed by atoms with Gasteiger partial charge in [0, 0.05) is 82.9 Å². The van der Waals surface area contributed by atoms with Crippen LogP contribution in [0.2, 0.25) is 10.0 Å². The van der Waals surface area contributed by atoms with E-state index in [0.29, 0.717) is 47.6 Å². The van der Waals surface area contributed by atoms with Gasteiger partial charge in [0.15, 0.2) is 5.82 Å². The van der Waals surface area contributed by atoms with E-state index in [1.807, 2.05) is 22.8 Å². The van der Waals surface area contributed by atoms with Crippen molar-refractivity contribution in [3.63, 3.8) is 0 Å². The summed E-state index contributed by atoms with van der Waals surface area (Å²) in [5.41, 5.74) is 3.31. The molecule has 56 heavy (non-hydrogen) atoms. The first kappa shape index (κ1) is 36.0. The van der Waals surface area contributed by atoms with Crippen molar-refractivity contribution in [3.05, 3.63) is 93.0 Å². The molecule has 2 aliphatic carbocycles. The highest BCUT2D eigenvalue weighted by Crippen LogP contribution is 2.54. The third-order valence-electron chi connectivity index (χ3n) is 13.1. The largest absolute Gasteiger partial charge is 0.418 e. The van der Waals surface area contributed by atoms with Crippen LogP contribution >= 0.6 is 23.2 Å². The lowest BCUT2D eigenvalue weighted by Gasteiger charge is -2.40. The maximum absolute atomic E-state index is 17.3. The molecule has 4 bridgehead atoms. The number of aromatic nitrogens is 2. The summed E-state index contributed by atoms with van der Waals surface area (Å²) in [6.07, 6.45) is -0.822.